The molecule has 0 radical (unpaired) electrons. The van der Waals surface area contributed by atoms with Gasteiger partial charge in [-0.2, -0.15) is 0 Å². The summed E-state index contributed by atoms with van der Waals surface area (Å²) in [6.45, 7) is 8.11. The van der Waals surface area contributed by atoms with Crippen LogP contribution in [0.2, 0.25) is 0 Å². The van der Waals surface area contributed by atoms with Crippen molar-refractivity contribution < 1.29 is 9.53 Å². The number of rotatable bonds is 6. The van der Waals surface area contributed by atoms with Crippen molar-refractivity contribution >= 4 is 34.2 Å². The summed E-state index contributed by atoms with van der Waals surface area (Å²) in [6, 6.07) is 13.8. The number of methoxy groups -OCH3 is 1. The smallest absolute Gasteiger partial charge is 0.276 e. The molecule has 0 bridgehead atoms. The van der Waals surface area contributed by atoms with Crippen LogP contribution in [-0.4, -0.2) is 42.0 Å². The second-order valence-electron chi connectivity index (χ2n) is 7.10. The number of benzene rings is 2. The predicted molar refractivity (Wildman–Crippen MR) is 125 cm³/mol. The minimum absolute atomic E-state index is 0.169. The zero-order valence-corrected chi connectivity index (χ0v) is 19.1. The Bertz CT molecular complexity index is 1140. The molecule has 0 saturated heterocycles. The lowest BCUT2D eigenvalue weighted by Gasteiger charge is -2.34. The molecule has 0 aromatic heterocycles. The Kier molecular flexibility index (Phi) is 6.18. The molecule has 2 aromatic rings. The highest BCUT2D eigenvalue weighted by Crippen LogP contribution is 2.37. The number of carbonyl (C=O) groups excluding carboxylic acids is 1. The fourth-order valence-electron chi connectivity index (χ4n) is 3.93. The van der Waals surface area contributed by atoms with Gasteiger partial charge in [-0.1, -0.05) is 36.9 Å². The van der Waals surface area contributed by atoms with Crippen LogP contribution in [0.1, 0.15) is 32.5 Å². The summed E-state index contributed by atoms with van der Waals surface area (Å²) in [5, 5.41) is 11.5. The fourth-order valence-corrected chi connectivity index (χ4v) is 4.51. The fraction of sp³-hybridized carbons (Fsp3) is 0.348. The van der Waals surface area contributed by atoms with Gasteiger partial charge in [-0.3, -0.25) is 15.1 Å². The zero-order chi connectivity index (χ0) is 22.0. The van der Waals surface area contributed by atoms with Crippen LogP contribution >= 0.6 is 11.8 Å². The van der Waals surface area contributed by atoms with Crippen LogP contribution < -0.4 is 25.5 Å². The molecule has 0 spiro atoms. The summed E-state index contributed by atoms with van der Waals surface area (Å²) < 4.78 is 5.77. The van der Waals surface area contributed by atoms with Gasteiger partial charge < -0.3 is 9.64 Å². The Morgan fingerprint density at radius 1 is 1.16 bits per heavy atom. The molecule has 2 aromatic carbocycles. The van der Waals surface area contributed by atoms with Crippen molar-refractivity contribution in [3.05, 3.63) is 58.6 Å². The summed E-state index contributed by atoms with van der Waals surface area (Å²) in [5.41, 5.74) is 2.46. The first-order chi connectivity index (χ1) is 15.1. The standard InChI is InChI=1S/C23H27N5O2S/c1-5-27(6-2)15-12-13-17(19(14-15)30-4)21-24-18-11-9-8-10-16(18)20-22(29)25-23(31-7-3)26-28(20)21/h8-14,21H,5-7H2,1-4H3,(H,25,26,29)/t21-/m0/s1. The lowest BCUT2D eigenvalue weighted by molar-refractivity contribution is -0.116. The molecule has 2 aliphatic heterocycles. The van der Waals surface area contributed by atoms with Crippen LogP contribution in [0.3, 0.4) is 0 Å². The topological polar surface area (TPSA) is 69.5 Å². The Morgan fingerprint density at radius 3 is 2.65 bits per heavy atom. The molecule has 4 rings (SSSR count). The Balaban J connectivity index is 1.89. The number of thioether (sulfide) groups is 1. The van der Waals surface area contributed by atoms with E-state index in [1.807, 2.05) is 43.3 Å². The molecule has 1 amide bonds. The molecule has 2 aliphatic rings. The van der Waals surface area contributed by atoms with Crippen LogP contribution in [0, 0.1) is 0 Å². The lowest BCUT2D eigenvalue weighted by atomic mass is 10.1. The second-order valence-corrected chi connectivity index (χ2v) is 8.36. The largest absolute Gasteiger partial charge is 0.496 e. The normalized spacial score (nSPS) is 17.2. The molecular weight excluding hydrogens is 410 g/mol. The maximum absolute atomic E-state index is 13.1. The molecular formula is C23H27N5O2S. The van der Waals surface area contributed by atoms with E-state index < -0.39 is 6.17 Å². The van der Waals surface area contributed by atoms with E-state index >= 15 is 0 Å². The first-order valence-corrected chi connectivity index (χ1v) is 11.5. The molecule has 0 saturated carbocycles. The Labute approximate surface area is 186 Å². The molecule has 0 unspecified atom stereocenters. The van der Waals surface area contributed by atoms with E-state index in [1.165, 1.54) is 11.8 Å². The van der Waals surface area contributed by atoms with E-state index in [0.717, 1.165) is 46.4 Å². The highest BCUT2D eigenvalue weighted by molar-refractivity contribution is 8.13. The molecule has 0 aliphatic carbocycles. The SMILES string of the molecule is CCSC1=NN2C(=c3ccccc3=N[C@@H]2c2ccc(N(CC)CC)cc2OC)C(=O)N1. The van der Waals surface area contributed by atoms with E-state index in [1.54, 1.807) is 12.1 Å². The van der Waals surface area contributed by atoms with E-state index in [4.69, 9.17) is 14.8 Å². The van der Waals surface area contributed by atoms with Gasteiger partial charge in [0.15, 0.2) is 11.3 Å². The molecule has 2 heterocycles. The third kappa shape index (κ3) is 3.87. The number of hydrogen-bond acceptors (Lipinski definition) is 7. The summed E-state index contributed by atoms with van der Waals surface area (Å²) in [5.74, 6) is 1.36. The lowest BCUT2D eigenvalue weighted by Crippen LogP contribution is -2.50. The van der Waals surface area contributed by atoms with Gasteiger partial charge in [-0.25, -0.2) is 5.01 Å². The van der Waals surface area contributed by atoms with Crippen molar-refractivity contribution in [3.63, 3.8) is 0 Å². The van der Waals surface area contributed by atoms with Crippen LogP contribution in [0.4, 0.5) is 5.69 Å². The molecule has 0 fully saturated rings. The number of amidine groups is 1. The number of ether oxygens (including phenoxy) is 1. The Morgan fingerprint density at radius 2 is 1.94 bits per heavy atom. The van der Waals surface area contributed by atoms with Crippen LogP contribution in [0.25, 0.3) is 5.70 Å². The van der Waals surface area contributed by atoms with Crippen molar-refractivity contribution in [1.82, 2.24) is 10.3 Å². The monoisotopic (exact) mass is 437 g/mol. The van der Waals surface area contributed by atoms with E-state index in [2.05, 4.69) is 30.1 Å². The van der Waals surface area contributed by atoms with Gasteiger partial charge in [0.2, 0.25) is 0 Å². The number of para-hydroxylation sites is 1. The van der Waals surface area contributed by atoms with E-state index in [9.17, 15) is 4.79 Å². The third-order valence-electron chi connectivity index (χ3n) is 5.42. The first-order valence-electron chi connectivity index (χ1n) is 10.5. The van der Waals surface area contributed by atoms with Crippen LogP contribution in [0.15, 0.2) is 52.6 Å². The molecule has 31 heavy (non-hydrogen) atoms. The van der Waals surface area contributed by atoms with Gasteiger partial charge in [0, 0.05) is 35.6 Å². The number of fused-ring (bicyclic) bond motifs is 2. The molecule has 8 heteroatoms. The van der Waals surface area contributed by atoms with Crippen LogP contribution in [0.5, 0.6) is 5.75 Å². The maximum atomic E-state index is 13.1. The van der Waals surface area contributed by atoms with Crippen molar-refractivity contribution in [2.75, 3.05) is 30.9 Å². The first kappa shape index (κ1) is 21.2. The van der Waals surface area contributed by atoms with Gasteiger partial charge in [0.05, 0.1) is 12.5 Å². The molecule has 1 atom stereocenters. The number of hydrazone groups is 1. The number of nitrogens with one attached hydrogen (secondary N) is 1. The van der Waals surface area contributed by atoms with Gasteiger partial charge >= 0.3 is 0 Å². The minimum atomic E-state index is -0.496. The van der Waals surface area contributed by atoms with Crippen molar-refractivity contribution in [2.24, 2.45) is 10.1 Å². The number of anilines is 1. The van der Waals surface area contributed by atoms with E-state index in [-0.39, 0.29) is 5.91 Å². The highest BCUT2D eigenvalue weighted by atomic mass is 32.2. The van der Waals surface area contributed by atoms with Crippen molar-refractivity contribution in [1.29, 1.82) is 0 Å². The zero-order valence-electron chi connectivity index (χ0n) is 18.3. The van der Waals surface area contributed by atoms with Gasteiger partial charge in [0.25, 0.3) is 5.91 Å². The van der Waals surface area contributed by atoms with Gasteiger partial charge in [-0.05, 0) is 37.8 Å². The minimum Gasteiger partial charge on any atom is -0.496 e. The summed E-state index contributed by atoms with van der Waals surface area (Å²) in [6.07, 6.45) is -0.496. The molecule has 1 N–H and O–H groups in total. The Hall–Kier alpha value is -3.00. The average molecular weight is 438 g/mol. The maximum Gasteiger partial charge on any atom is 0.276 e. The number of carbonyl (C=O) groups is 1. The van der Waals surface area contributed by atoms with Crippen molar-refractivity contribution in [2.45, 2.75) is 26.9 Å². The average Bonchev–Trinajstić information content (AvgIpc) is 2.79. The second kappa shape index (κ2) is 9.01. The predicted octanol–water partition coefficient (Wildman–Crippen LogP) is 2.44. The quantitative estimate of drug-likeness (QED) is 0.752. The molecule has 7 nitrogen and oxygen atoms in total. The summed E-state index contributed by atoms with van der Waals surface area (Å²) in [7, 11) is 1.66. The number of hydrogen-bond donors (Lipinski definition) is 1. The molecule has 162 valence electrons. The van der Waals surface area contributed by atoms with E-state index in [0.29, 0.717) is 10.9 Å². The van der Waals surface area contributed by atoms with Gasteiger partial charge in [0.1, 0.15) is 11.4 Å². The summed E-state index contributed by atoms with van der Waals surface area (Å²) in [4.78, 5) is 20.3. The third-order valence-corrected chi connectivity index (χ3v) is 6.17. The number of amides is 1. The summed E-state index contributed by atoms with van der Waals surface area (Å²) >= 11 is 1.50. The highest BCUT2D eigenvalue weighted by Gasteiger charge is 2.35. The van der Waals surface area contributed by atoms with Gasteiger partial charge in [-0.15, -0.1) is 5.10 Å². The van der Waals surface area contributed by atoms with Crippen molar-refractivity contribution in [3.8, 4) is 5.75 Å². The van der Waals surface area contributed by atoms with Crippen LogP contribution in [-0.2, 0) is 4.79 Å². The number of nitrogens with zero attached hydrogens (tertiary/aromatic N) is 4.